The first kappa shape index (κ1) is 14.5. The van der Waals surface area contributed by atoms with Gasteiger partial charge < -0.3 is 0 Å². The van der Waals surface area contributed by atoms with Crippen LogP contribution in [0.15, 0.2) is 24.4 Å². The smallest absolute Gasteiger partial charge is 0.154 e. The maximum Gasteiger partial charge on any atom is 0.154 e. The number of nitrogens with zero attached hydrogens (tertiary/aromatic N) is 1. The molecule has 0 aliphatic rings. The molecular weight excluding hydrogens is 258 g/mol. The molecule has 0 spiro atoms. The van der Waals surface area contributed by atoms with E-state index in [9.17, 15) is 8.42 Å². The predicted octanol–water partition coefficient (Wildman–Crippen LogP) is 2.62. The summed E-state index contributed by atoms with van der Waals surface area (Å²) in [7, 11) is -3.21. The van der Waals surface area contributed by atoms with E-state index in [0.717, 1.165) is 5.69 Å². The lowest BCUT2D eigenvalue weighted by Gasteiger charge is -2.32. The summed E-state index contributed by atoms with van der Waals surface area (Å²) in [4.78, 5) is 4.22. The van der Waals surface area contributed by atoms with Gasteiger partial charge in [0.15, 0.2) is 9.84 Å². The van der Waals surface area contributed by atoms with Crippen molar-refractivity contribution in [1.29, 1.82) is 0 Å². The van der Waals surface area contributed by atoms with E-state index < -0.39 is 20.0 Å². The second kappa shape index (κ2) is 4.94. The summed E-state index contributed by atoms with van der Waals surface area (Å²) in [6, 6.07) is 5.55. The maximum atomic E-state index is 11.7. The summed E-state index contributed by atoms with van der Waals surface area (Å²) < 4.78 is 22.5. The Balaban J connectivity index is 3.03. The normalized spacial score (nSPS) is 16.5. The predicted molar refractivity (Wildman–Crippen MR) is 71.2 cm³/mol. The average molecular weight is 276 g/mol. The molecule has 0 N–H and O–H groups in total. The third-order valence-corrected chi connectivity index (χ3v) is 6.43. The monoisotopic (exact) mass is 275 g/mol. The van der Waals surface area contributed by atoms with Crippen LogP contribution in [0.4, 0.5) is 0 Å². The van der Waals surface area contributed by atoms with Crippen molar-refractivity contribution >= 4 is 21.4 Å². The van der Waals surface area contributed by atoms with E-state index in [0.29, 0.717) is 0 Å². The summed E-state index contributed by atoms with van der Waals surface area (Å²) in [5.41, 5.74) is 0.809. The van der Waals surface area contributed by atoms with E-state index in [1.165, 1.54) is 6.26 Å². The van der Waals surface area contributed by atoms with Gasteiger partial charge in [0.25, 0.3) is 0 Å². The Kier molecular flexibility index (Phi) is 4.20. The van der Waals surface area contributed by atoms with Crippen molar-refractivity contribution in [2.45, 2.75) is 36.8 Å². The highest BCUT2D eigenvalue weighted by molar-refractivity contribution is 7.92. The Morgan fingerprint density at radius 3 is 2.35 bits per heavy atom. The van der Waals surface area contributed by atoms with Crippen LogP contribution in [-0.4, -0.2) is 29.8 Å². The molecule has 0 amide bonds. The molecule has 0 saturated heterocycles. The number of aromatic nitrogens is 1. The molecule has 0 bridgehead atoms. The van der Waals surface area contributed by atoms with Crippen LogP contribution in [0.3, 0.4) is 0 Å². The highest BCUT2D eigenvalue weighted by Crippen LogP contribution is 2.34. The minimum absolute atomic E-state index is 0.123. The lowest BCUT2D eigenvalue weighted by atomic mass is 9.94. The van der Waals surface area contributed by atoms with Gasteiger partial charge in [-0.2, -0.15) is 0 Å². The van der Waals surface area contributed by atoms with E-state index in [4.69, 9.17) is 11.6 Å². The Morgan fingerprint density at radius 1 is 1.35 bits per heavy atom. The molecule has 2 atom stereocenters. The standard InChI is InChI=1S/C12H18ClNO2S/c1-9(10-7-5-6-8-14-10)11(13)12(2,3)17(4,15)16/h5-9,11H,1-4H3. The largest absolute Gasteiger partial charge is 0.261 e. The van der Waals surface area contributed by atoms with Gasteiger partial charge in [-0.15, -0.1) is 11.6 Å². The summed E-state index contributed by atoms with van der Waals surface area (Å²) in [5, 5.41) is -0.521. The Hall–Kier alpha value is -0.610. The van der Waals surface area contributed by atoms with Crippen LogP contribution in [0.25, 0.3) is 0 Å². The van der Waals surface area contributed by atoms with Crippen molar-refractivity contribution in [1.82, 2.24) is 4.98 Å². The third kappa shape index (κ3) is 2.99. The molecule has 0 aliphatic heterocycles. The molecule has 1 rings (SSSR count). The molecule has 1 aromatic rings. The molecule has 0 saturated carbocycles. The van der Waals surface area contributed by atoms with Crippen molar-refractivity contribution in [3.05, 3.63) is 30.1 Å². The number of sulfone groups is 1. The number of rotatable bonds is 4. The molecule has 0 radical (unpaired) electrons. The van der Waals surface area contributed by atoms with E-state index >= 15 is 0 Å². The molecule has 17 heavy (non-hydrogen) atoms. The zero-order chi connectivity index (χ0) is 13.3. The van der Waals surface area contributed by atoms with E-state index in [1.807, 2.05) is 25.1 Å². The number of hydrogen-bond acceptors (Lipinski definition) is 3. The van der Waals surface area contributed by atoms with Crippen LogP contribution in [-0.2, 0) is 9.84 Å². The van der Waals surface area contributed by atoms with Crippen molar-refractivity contribution in [2.24, 2.45) is 0 Å². The molecule has 0 fully saturated rings. The van der Waals surface area contributed by atoms with Crippen LogP contribution >= 0.6 is 11.6 Å². The number of pyridine rings is 1. The highest BCUT2D eigenvalue weighted by Gasteiger charge is 2.41. The second-order valence-corrected chi connectivity index (χ2v) is 7.89. The van der Waals surface area contributed by atoms with Gasteiger partial charge in [-0.1, -0.05) is 13.0 Å². The molecule has 0 aromatic carbocycles. The van der Waals surface area contributed by atoms with Gasteiger partial charge in [-0.25, -0.2) is 8.42 Å². The summed E-state index contributed by atoms with van der Waals surface area (Å²) in [6.07, 6.45) is 2.90. The lowest BCUT2D eigenvalue weighted by molar-refractivity contribution is 0.506. The van der Waals surface area contributed by atoms with Gasteiger partial charge in [-0.3, -0.25) is 4.98 Å². The van der Waals surface area contributed by atoms with Gasteiger partial charge in [0.05, 0.1) is 10.1 Å². The first-order valence-corrected chi connectivity index (χ1v) is 7.75. The number of halogens is 1. The topological polar surface area (TPSA) is 47.0 Å². The zero-order valence-corrected chi connectivity index (χ0v) is 12.1. The van der Waals surface area contributed by atoms with Gasteiger partial charge in [-0.05, 0) is 26.0 Å². The lowest BCUT2D eigenvalue weighted by Crippen LogP contribution is -2.43. The Morgan fingerprint density at radius 2 is 1.94 bits per heavy atom. The SMILES string of the molecule is CC(c1ccccn1)C(Cl)C(C)(C)S(C)(=O)=O. The van der Waals surface area contributed by atoms with E-state index in [-0.39, 0.29) is 5.92 Å². The minimum Gasteiger partial charge on any atom is -0.261 e. The quantitative estimate of drug-likeness (QED) is 0.794. The van der Waals surface area contributed by atoms with Crippen molar-refractivity contribution in [3.8, 4) is 0 Å². The molecular formula is C12H18ClNO2S. The van der Waals surface area contributed by atoms with Crippen LogP contribution in [0.1, 0.15) is 32.4 Å². The average Bonchev–Trinajstić information content (AvgIpc) is 2.26. The van der Waals surface area contributed by atoms with Crippen LogP contribution < -0.4 is 0 Å². The van der Waals surface area contributed by atoms with E-state index in [2.05, 4.69) is 4.98 Å². The molecule has 3 nitrogen and oxygen atoms in total. The van der Waals surface area contributed by atoms with Gasteiger partial charge in [0, 0.05) is 24.1 Å². The van der Waals surface area contributed by atoms with Gasteiger partial charge in [0.1, 0.15) is 0 Å². The van der Waals surface area contributed by atoms with Crippen molar-refractivity contribution in [3.63, 3.8) is 0 Å². The zero-order valence-electron chi connectivity index (χ0n) is 10.5. The summed E-state index contributed by atoms with van der Waals surface area (Å²) in [5.74, 6) is -0.123. The van der Waals surface area contributed by atoms with Gasteiger partial charge in [0.2, 0.25) is 0 Å². The first-order valence-electron chi connectivity index (χ1n) is 5.42. The van der Waals surface area contributed by atoms with E-state index in [1.54, 1.807) is 20.0 Å². The molecule has 96 valence electrons. The molecule has 1 heterocycles. The molecule has 1 aromatic heterocycles. The third-order valence-electron chi connectivity index (χ3n) is 3.21. The highest BCUT2D eigenvalue weighted by atomic mass is 35.5. The maximum absolute atomic E-state index is 11.7. The Bertz CT molecular complexity index is 471. The van der Waals surface area contributed by atoms with Crippen LogP contribution in [0.5, 0.6) is 0 Å². The fourth-order valence-corrected chi connectivity index (χ4v) is 2.83. The number of hydrogen-bond donors (Lipinski definition) is 0. The van der Waals surface area contributed by atoms with Crippen molar-refractivity contribution in [2.75, 3.05) is 6.26 Å². The second-order valence-electron chi connectivity index (χ2n) is 4.82. The van der Waals surface area contributed by atoms with Crippen molar-refractivity contribution < 1.29 is 8.42 Å². The molecule has 2 unspecified atom stereocenters. The summed E-state index contributed by atoms with van der Waals surface area (Å²) in [6.45, 7) is 5.20. The molecule has 5 heteroatoms. The fourth-order valence-electron chi connectivity index (χ4n) is 1.60. The van der Waals surface area contributed by atoms with Crippen LogP contribution in [0.2, 0.25) is 0 Å². The van der Waals surface area contributed by atoms with Crippen LogP contribution in [0, 0.1) is 0 Å². The molecule has 0 aliphatic carbocycles. The minimum atomic E-state index is -3.21. The first-order chi connectivity index (χ1) is 7.68. The number of alkyl halides is 1. The Labute approximate surface area is 108 Å². The van der Waals surface area contributed by atoms with Gasteiger partial charge >= 0.3 is 0 Å². The summed E-state index contributed by atoms with van der Waals surface area (Å²) >= 11 is 6.32. The fraction of sp³-hybridized carbons (Fsp3) is 0.583.